The molecule has 2 aromatic rings. The predicted molar refractivity (Wildman–Crippen MR) is 80.7 cm³/mol. The normalized spacial score (nSPS) is 20.1. The maximum Gasteiger partial charge on any atom is 0.266 e. The van der Waals surface area contributed by atoms with Crippen LogP contribution in [-0.2, 0) is 0 Å². The first-order chi connectivity index (χ1) is 9.66. The van der Waals surface area contributed by atoms with Gasteiger partial charge in [-0.3, -0.25) is 4.79 Å². The van der Waals surface area contributed by atoms with E-state index in [1.54, 1.807) is 12.4 Å². The lowest BCUT2D eigenvalue weighted by Crippen LogP contribution is -2.31. The Morgan fingerprint density at radius 3 is 2.95 bits per heavy atom. The number of thiophene rings is 1. The molecule has 106 valence electrons. The van der Waals surface area contributed by atoms with Crippen LogP contribution in [0.15, 0.2) is 12.4 Å². The highest BCUT2D eigenvalue weighted by Crippen LogP contribution is 2.32. The van der Waals surface area contributed by atoms with Crippen molar-refractivity contribution in [3.8, 4) is 0 Å². The molecule has 0 spiro atoms. The Hall–Kier alpha value is -1.69. The van der Waals surface area contributed by atoms with Crippen LogP contribution in [0, 0.1) is 5.92 Å². The number of carbonyl (C=O) groups is 1. The van der Waals surface area contributed by atoms with E-state index in [0.29, 0.717) is 22.0 Å². The minimum absolute atomic E-state index is 0.0291. The first-order valence-corrected chi connectivity index (χ1v) is 7.76. The van der Waals surface area contributed by atoms with Crippen LogP contribution < -0.4 is 5.73 Å². The van der Waals surface area contributed by atoms with Gasteiger partial charge >= 0.3 is 0 Å². The van der Waals surface area contributed by atoms with Crippen LogP contribution in [0.4, 0.5) is 5.69 Å². The lowest BCUT2D eigenvalue weighted by Gasteiger charge is -2.19. The van der Waals surface area contributed by atoms with E-state index in [-0.39, 0.29) is 5.91 Å². The highest BCUT2D eigenvalue weighted by atomic mass is 32.1. The number of nitrogens with zero attached hydrogens (tertiary/aromatic N) is 3. The van der Waals surface area contributed by atoms with Crippen molar-refractivity contribution in [2.75, 3.05) is 18.8 Å². The van der Waals surface area contributed by atoms with Crippen LogP contribution in [0.1, 0.15) is 35.9 Å². The van der Waals surface area contributed by atoms with Gasteiger partial charge in [0.1, 0.15) is 15.2 Å². The smallest absolute Gasteiger partial charge is 0.266 e. The maximum absolute atomic E-state index is 12.7. The van der Waals surface area contributed by atoms with Gasteiger partial charge in [-0.05, 0) is 25.2 Å². The van der Waals surface area contributed by atoms with Gasteiger partial charge in [0.25, 0.3) is 5.91 Å². The molecule has 2 aromatic heterocycles. The molecule has 1 amide bonds. The molecule has 3 rings (SSSR count). The molecule has 1 aliphatic rings. The first-order valence-electron chi connectivity index (χ1n) is 6.95. The summed E-state index contributed by atoms with van der Waals surface area (Å²) in [5.41, 5.74) is 7.19. The number of rotatable bonds is 1. The maximum atomic E-state index is 12.7. The van der Waals surface area contributed by atoms with Crippen LogP contribution in [-0.4, -0.2) is 33.9 Å². The van der Waals surface area contributed by atoms with Gasteiger partial charge < -0.3 is 10.6 Å². The highest BCUT2D eigenvalue weighted by Gasteiger charge is 2.24. The molecule has 6 heteroatoms. The summed E-state index contributed by atoms with van der Waals surface area (Å²) in [4.78, 5) is 24.3. The second-order valence-electron chi connectivity index (χ2n) is 5.38. The number of hydrogen-bond donors (Lipinski definition) is 1. The van der Waals surface area contributed by atoms with Crippen LogP contribution in [0.25, 0.3) is 10.3 Å². The molecule has 2 N–H and O–H groups in total. The number of hydrogen-bond acceptors (Lipinski definition) is 5. The molecule has 1 fully saturated rings. The Morgan fingerprint density at radius 2 is 2.15 bits per heavy atom. The molecule has 0 bridgehead atoms. The van der Waals surface area contributed by atoms with Gasteiger partial charge in [0.05, 0.1) is 5.69 Å². The lowest BCUT2D eigenvalue weighted by molar-refractivity contribution is 0.0766. The zero-order chi connectivity index (χ0) is 14.1. The Balaban J connectivity index is 1.90. The van der Waals surface area contributed by atoms with Gasteiger partial charge in [0, 0.05) is 25.5 Å². The number of likely N-dealkylation sites (tertiary alicyclic amines) is 1. The van der Waals surface area contributed by atoms with E-state index < -0.39 is 0 Å². The molecule has 1 atom stereocenters. The van der Waals surface area contributed by atoms with E-state index in [1.807, 2.05) is 4.90 Å². The van der Waals surface area contributed by atoms with Crippen LogP contribution in [0.3, 0.4) is 0 Å². The van der Waals surface area contributed by atoms with Crippen LogP contribution in [0.2, 0.25) is 0 Å². The molecular weight excluding hydrogens is 272 g/mol. The Labute approximate surface area is 121 Å². The molecule has 1 aliphatic heterocycles. The first kappa shape index (κ1) is 13.3. The fourth-order valence-electron chi connectivity index (χ4n) is 2.61. The second-order valence-corrected chi connectivity index (χ2v) is 6.38. The molecule has 20 heavy (non-hydrogen) atoms. The summed E-state index contributed by atoms with van der Waals surface area (Å²) in [7, 11) is 0. The SMILES string of the molecule is CC1CCCN(C(=O)c2sc3nccnc3c2N)CC1. The highest BCUT2D eigenvalue weighted by molar-refractivity contribution is 7.21. The van der Waals surface area contributed by atoms with Crippen molar-refractivity contribution >= 4 is 33.3 Å². The van der Waals surface area contributed by atoms with E-state index in [9.17, 15) is 4.79 Å². The number of aromatic nitrogens is 2. The van der Waals surface area contributed by atoms with E-state index in [2.05, 4.69) is 16.9 Å². The quantitative estimate of drug-likeness (QED) is 0.876. The average molecular weight is 290 g/mol. The molecule has 5 nitrogen and oxygen atoms in total. The Kier molecular flexibility index (Phi) is 3.56. The van der Waals surface area contributed by atoms with Crippen LogP contribution in [0.5, 0.6) is 0 Å². The van der Waals surface area contributed by atoms with Gasteiger partial charge in [-0.1, -0.05) is 6.92 Å². The number of nitrogens with two attached hydrogens (primary N) is 1. The van der Waals surface area contributed by atoms with Crippen molar-refractivity contribution in [3.63, 3.8) is 0 Å². The van der Waals surface area contributed by atoms with E-state index >= 15 is 0 Å². The van der Waals surface area contributed by atoms with Gasteiger partial charge in [0.2, 0.25) is 0 Å². The third kappa shape index (κ3) is 2.35. The Morgan fingerprint density at radius 1 is 1.35 bits per heavy atom. The van der Waals surface area contributed by atoms with Crippen LogP contribution >= 0.6 is 11.3 Å². The molecule has 3 heterocycles. The molecule has 0 aliphatic carbocycles. The zero-order valence-corrected chi connectivity index (χ0v) is 12.3. The monoisotopic (exact) mass is 290 g/mol. The third-order valence-electron chi connectivity index (χ3n) is 3.86. The summed E-state index contributed by atoms with van der Waals surface area (Å²) in [6.45, 7) is 3.88. The summed E-state index contributed by atoms with van der Waals surface area (Å²) in [6.07, 6.45) is 6.55. The Bertz CT molecular complexity index is 639. The van der Waals surface area contributed by atoms with Crippen molar-refractivity contribution in [2.24, 2.45) is 5.92 Å². The van der Waals surface area contributed by atoms with Crippen molar-refractivity contribution in [3.05, 3.63) is 17.3 Å². The molecular formula is C14H18N4OS. The number of anilines is 1. The fraction of sp³-hybridized carbons (Fsp3) is 0.500. The zero-order valence-electron chi connectivity index (χ0n) is 11.5. The number of amides is 1. The van der Waals surface area contributed by atoms with Gasteiger partial charge in [-0.25, -0.2) is 9.97 Å². The molecule has 0 saturated carbocycles. The summed E-state index contributed by atoms with van der Waals surface area (Å²) in [6, 6.07) is 0. The van der Waals surface area contributed by atoms with Gasteiger partial charge in [-0.2, -0.15) is 0 Å². The third-order valence-corrected chi connectivity index (χ3v) is 4.95. The van der Waals surface area contributed by atoms with Crippen molar-refractivity contribution in [2.45, 2.75) is 26.2 Å². The summed E-state index contributed by atoms with van der Waals surface area (Å²) in [5.74, 6) is 0.720. The van der Waals surface area contributed by atoms with Crippen molar-refractivity contribution in [1.29, 1.82) is 0 Å². The number of nitrogen functional groups attached to an aromatic ring is 1. The predicted octanol–water partition coefficient (Wildman–Crippen LogP) is 2.54. The summed E-state index contributed by atoms with van der Waals surface area (Å²) in [5, 5.41) is 0. The minimum Gasteiger partial charge on any atom is -0.396 e. The van der Waals surface area contributed by atoms with Crippen molar-refractivity contribution in [1.82, 2.24) is 14.9 Å². The van der Waals surface area contributed by atoms with Gasteiger partial charge in [0.15, 0.2) is 0 Å². The minimum atomic E-state index is 0.0291. The number of fused-ring (bicyclic) bond motifs is 1. The molecule has 0 radical (unpaired) electrons. The molecule has 1 unspecified atom stereocenters. The van der Waals surface area contributed by atoms with Crippen molar-refractivity contribution < 1.29 is 4.79 Å². The second kappa shape index (κ2) is 5.36. The fourth-order valence-corrected chi connectivity index (χ4v) is 3.60. The summed E-state index contributed by atoms with van der Waals surface area (Å²) >= 11 is 1.34. The van der Waals surface area contributed by atoms with E-state index in [4.69, 9.17) is 5.73 Å². The molecule has 1 saturated heterocycles. The van der Waals surface area contributed by atoms with Gasteiger partial charge in [-0.15, -0.1) is 11.3 Å². The average Bonchev–Trinajstić information content (AvgIpc) is 2.64. The van der Waals surface area contributed by atoms with E-state index in [0.717, 1.165) is 30.8 Å². The topological polar surface area (TPSA) is 72.1 Å². The number of carbonyl (C=O) groups excluding carboxylic acids is 1. The standard InChI is InChI=1S/C14H18N4OS/c1-9-3-2-7-18(8-4-9)14(19)12-10(15)11-13(20-12)17-6-5-16-11/h5-6,9H,2-4,7-8,15H2,1H3. The van der Waals surface area contributed by atoms with E-state index in [1.165, 1.54) is 17.8 Å². The largest absolute Gasteiger partial charge is 0.396 e. The lowest BCUT2D eigenvalue weighted by atomic mass is 10.0. The summed E-state index contributed by atoms with van der Waals surface area (Å²) < 4.78 is 0. The molecule has 0 aromatic carbocycles.